The van der Waals surface area contributed by atoms with E-state index in [2.05, 4.69) is 10.6 Å². The molecule has 88 valence electrons. The normalized spacial score (nSPS) is 15.8. The molecule has 1 aromatic rings. The van der Waals surface area contributed by atoms with Crippen molar-refractivity contribution < 1.29 is 4.79 Å². The van der Waals surface area contributed by atoms with Gasteiger partial charge in [0, 0.05) is 18.3 Å². The van der Waals surface area contributed by atoms with Crippen LogP contribution >= 0.6 is 11.3 Å². The minimum absolute atomic E-state index is 0.00126. The first kappa shape index (κ1) is 11.6. The van der Waals surface area contributed by atoms with Gasteiger partial charge in [0.05, 0.1) is 5.69 Å². The zero-order chi connectivity index (χ0) is 11.4. The molecule has 3 nitrogen and oxygen atoms in total. The van der Waals surface area contributed by atoms with Crippen LogP contribution in [-0.4, -0.2) is 12.5 Å². The van der Waals surface area contributed by atoms with E-state index in [1.165, 1.54) is 24.1 Å². The fraction of sp³-hybridized carbons (Fsp3) is 0.583. The van der Waals surface area contributed by atoms with Crippen LogP contribution in [0.3, 0.4) is 0 Å². The first-order valence-electron chi connectivity index (χ1n) is 5.80. The Balaban J connectivity index is 1.78. The summed E-state index contributed by atoms with van der Waals surface area (Å²) in [6.07, 6.45) is 4.13. The van der Waals surface area contributed by atoms with Gasteiger partial charge in [-0.25, -0.2) is 0 Å². The van der Waals surface area contributed by atoms with E-state index >= 15 is 0 Å². The van der Waals surface area contributed by atoms with Gasteiger partial charge < -0.3 is 10.6 Å². The predicted octanol–water partition coefficient (Wildman–Crippen LogP) is 2.60. The van der Waals surface area contributed by atoms with Gasteiger partial charge in [-0.1, -0.05) is 6.42 Å². The summed E-state index contributed by atoms with van der Waals surface area (Å²) in [5.74, 6) is 0.878. The van der Waals surface area contributed by atoms with Crippen molar-refractivity contribution >= 4 is 22.9 Å². The molecular weight excluding hydrogens is 220 g/mol. The highest BCUT2D eigenvalue weighted by atomic mass is 32.1. The van der Waals surface area contributed by atoms with Crippen LogP contribution < -0.4 is 10.6 Å². The molecule has 16 heavy (non-hydrogen) atoms. The van der Waals surface area contributed by atoms with E-state index in [1.54, 1.807) is 18.3 Å². The lowest BCUT2D eigenvalue weighted by Crippen LogP contribution is -2.26. The van der Waals surface area contributed by atoms with Gasteiger partial charge in [-0.3, -0.25) is 4.79 Å². The van der Waals surface area contributed by atoms with Crippen LogP contribution in [0, 0.1) is 5.92 Å². The molecule has 1 aliphatic rings. The summed E-state index contributed by atoms with van der Waals surface area (Å²) in [4.78, 5) is 12.2. The number of anilines is 1. The summed E-state index contributed by atoms with van der Waals surface area (Å²) in [5, 5.41) is 8.33. The Hall–Kier alpha value is -0.870. The zero-order valence-electron chi connectivity index (χ0n) is 9.58. The summed E-state index contributed by atoms with van der Waals surface area (Å²) in [7, 11) is 0. The topological polar surface area (TPSA) is 41.1 Å². The van der Waals surface area contributed by atoms with Crippen LogP contribution in [-0.2, 0) is 11.3 Å². The second-order valence-electron chi connectivity index (χ2n) is 4.37. The average Bonchev–Trinajstić information content (AvgIpc) is 2.56. The number of amides is 1. The SMILES string of the molecule is CC(=O)Nc1ccsc1CNCC1CCC1. The highest BCUT2D eigenvalue weighted by Crippen LogP contribution is 2.26. The Morgan fingerprint density at radius 1 is 1.56 bits per heavy atom. The predicted molar refractivity (Wildman–Crippen MR) is 67.7 cm³/mol. The van der Waals surface area contributed by atoms with Crippen molar-refractivity contribution in [3.63, 3.8) is 0 Å². The molecule has 1 heterocycles. The molecule has 1 amide bonds. The van der Waals surface area contributed by atoms with E-state index in [1.807, 2.05) is 11.4 Å². The fourth-order valence-corrected chi connectivity index (χ4v) is 2.67. The molecule has 0 spiro atoms. The van der Waals surface area contributed by atoms with Gasteiger partial charge in [-0.2, -0.15) is 0 Å². The van der Waals surface area contributed by atoms with E-state index < -0.39 is 0 Å². The smallest absolute Gasteiger partial charge is 0.221 e. The van der Waals surface area contributed by atoms with Crippen LogP contribution in [0.5, 0.6) is 0 Å². The van der Waals surface area contributed by atoms with Crippen LogP contribution in [0.2, 0.25) is 0 Å². The molecular formula is C12H18N2OS. The maximum atomic E-state index is 11.0. The number of hydrogen-bond donors (Lipinski definition) is 2. The van der Waals surface area contributed by atoms with E-state index in [-0.39, 0.29) is 5.91 Å². The molecule has 4 heteroatoms. The minimum atomic E-state index is -0.00126. The summed E-state index contributed by atoms with van der Waals surface area (Å²) < 4.78 is 0. The summed E-state index contributed by atoms with van der Waals surface area (Å²) in [5.41, 5.74) is 0.957. The zero-order valence-corrected chi connectivity index (χ0v) is 10.4. The van der Waals surface area contributed by atoms with E-state index in [0.29, 0.717) is 0 Å². The van der Waals surface area contributed by atoms with E-state index in [0.717, 1.165) is 24.7 Å². The lowest BCUT2D eigenvalue weighted by Gasteiger charge is -2.25. The van der Waals surface area contributed by atoms with Gasteiger partial charge in [0.15, 0.2) is 0 Å². The molecule has 2 N–H and O–H groups in total. The fourth-order valence-electron chi connectivity index (χ4n) is 1.87. The molecule has 0 radical (unpaired) electrons. The monoisotopic (exact) mass is 238 g/mol. The molecule has 0 saturated heterocycles. The minimum Gasteiger partial charge on any atom is -0.325 e. The molecule has 2 rings (SSSR count). The Morgan fingerprint density at radius 2 is 2.38 bits per heavy atom. The number of carbonyl (C=O) groups excluding carboxylic acids is 1. The molecule has 0 unspecified atom stereocenters. The standard InChI is InChI=1S/C12H18N2OS/c1-9(15)14-11-5-6-16-12(11)8-13-7-10-3-2-4-10/h5-6,10,13H,2-4,7-8H2,1H3,(H,14,15). The van der Waals surface area contributed by atoms with Crippen LogP contribution in [0.4, 0.5) is 5.69 Å². The molecule has 1 fully saturated rings. The number of rotatable bonds is 5. The third-order valence-electron chi connectivity index (χ3n) is 3.00. The number of nitrogens with one attached hydrogen (secondary N) is 2. The van der Waals surface area contributed by atoms with Crippen LogP contribution in [0.1, 0.15) is 31.1 Å². The Morgan fingerprint density at radius 3 is 3.00 bits per heavy atom. The molecule has 1 aromatic heterocycles. The van der Waals surface area contributed by atoms with E-state index in [9.17, 15) is 4.79 Å². The second-order valence-corrected chi connectivity index (χ2v) is 5.37. The van der Waals surface area contributed by atoms with Gasteiger partial charge >= 0.3 is 0 Å². The largest absolute Gasteiger partial charge is 0.325 e. The third kappa shape index (κ3) is 3.06. The lowest BCUT2D eigenvalue weighted by molar-refractivity contribution is -0.114. The Bertz CT molecular complexity index is 358. The van der Waals surface area contributed by atoms with Crippen molar-refractivity contribution in [1.29, 1.82) is 0 Å². The van der Waals surface area contributed by atoms with Crippen LogP contribution in [0.25, 0.3) is 0 Å². The van der Waals surface area contributed by atoms with E-state index in [4.69, 9.17) is 0 Å². The van der Waals surface area contributed by atoms with Crippen molar-refractivity contribution in [1.82, 2.24) is 5.32 Å². The Kier molecular flexibility index (Phi) is 3.96. The van der Waals surface area contributed by atoms with Crippen LogP contribution in [0.15, 0.2) is 11.4 Å². The highest BCUT2D eigenvalue weighted by Gasteiger charge is 2.16. The quantitative estimate of drug-likeness (QED) is 0.828. The molecule has 1 saturated carbocycles. The highest BCUT2D eigenvalue weighted by molar-refractivity contribution is 7.10. The number of thiophene rings is 1. The van der Waals surface area contributed by atoms with Gasteiger partial charge in [-0.05, 0) is 36.8 Å². The van der Waals surface area contributed by atoms with Gasteiger partial charge in [0.1, 0.15) is 0 Å². The summed E-state index contributed by atoms with van der Waals surface area (Å²) in [6, 6.07) is 1.96. The number of hydrogen-bond acceptors (Lipinski definition) is 3. The van der Waals surface area contributed by atoms with Gasteiger partial charge in [0.25, 0.3) is 0 Å². The van der Waals surface area contributed by atoms with Crippen molar-refractivity contribution in [2.75, 3.05) is 11.9 Å². The maximum absolute atomic E-state index is 11.0. The van der Waals surface area contributed by atoms with Gasteiger partial charge in [0.2, 0.25) is 5.91 Å². The van der Waals surface area contributed by atoms with Crippen molar-refractivity contribution in [2.45, 2.75) is 32.7 Å². The summed E-state index contributed by atoms with van der Waals surface area (Å²) >= 11 is 1.69. The molecule has 0 bridgehead atoms. The lowest BCUT2D eigenvalue weighted by atomic mass is 9.85. The number of carbonyl (C=O) groups is 1. The third-order valence-corrected chi connectivity index (χ3v) is 3.92. The molecule has 0 aromatic carbocycles. The molecule has 0 aliphatic heterocycles. The maximum Gasteiger partial charge on any atom is 0.221 e. The Labute approximate surface area is 100 Å². The molecule has 0 atom stereocenters. The first-order chi connectivity index (χ1) is 7.75. The first-order valence-corrected chi connectivity index (χ1v) is 6.68. The van der Waals surface area contributed by atoms with Gasteiger partial charge in [-0.15, -0.1) is 11.3 Å². The van der Waals surface area contributed by atoms with Crippen molar-refractivity contribution in [3.8, 4) is 0 Å². The van der Waals surface area contributed by atoms with Crippen molar-refractivity contribution in [3.05, 3.63) is 16.3 Å². The molecule has 1 aliphatic carbocycles. The van der Waals surface area contributed by atoms with Crippen molar-refractivity contribution in [2.24, 2.45) is 5.92 Å². The summed E-state index contributed by atoms with van der Waals surface area (Å²) in [6.45, 7) is 3.52. The second kappa shape index (κ2) is 5.46. The average molecular weight is 238 g/mol.